The average Bonchev–Trinajstić information content (AvgIpc) is 3.29. The van der Waals surface area contributed by atoms with Crippen molar-refractivity contribution in [2.75, 3.05) is 12.4 Å². The van der Waals surface area contributed by atoms with Crippen LogP contribution in [0.4, 0.5) is 5.69 Å². The number of aromatic nitrogens is 3. The fourth-order valence-electron chi connectivity index (χ4n) is 3.88. The molecule has 0 aliphatic carbocycles. The topological polar surface area (TPSA) is 94.7 Å². The first kappa shape index (κ1) is 23.0. The summed E-state index contributed by atoms with van der Waals surface area (Å²) in [7, 11) is 3.48. The third-order valence-corrected chi connectivity index (χ3v) is 5.97. The fourth-order valence-corrected chi connectivity index (χ4v) is 3.88. The summed E-state index contributed by atoms with van der Waals surface area (Å²) in [5.74, 6) is 0.461. The van der Waals surface area contributed by atoms with Crippen molar-refractivity contribution in [3.8, 4) is 17.0 Å². The predicted molar refractivity (Wildman–Crippen MR) is 131 cm³/mol. The van der Waals surface area contributed by atoms with Crippen LogP contribution in [-0.2, 0) is 18.3 Å². The van der Waals surface area contributed by atoms with Gasteiger partial charge in [0, 0.05) is 47.6 Å². The number of ketones is 1. The Hall–Kier alpha value is -4.20. The van der Waals surface area contributed by atoms with Crippen molar-refractivity contribution in [1.29, 1.82) is 0 Å². The standard InChI is InChI=1S/C26H26N4O4/c1-16-22(12-13-24(32)27-20-10-8-18(9-11-20)17(2)31)26(33)30-25(29(16)3)15-23(28-30)19-6-5-7-21(14-19)34-4/h5-11,14-15H,12-13H2,1-4H3,(H,27,32). The second-order valence-corrected chi connectivity index (χ2v) is 8.14. The van der Waals surface area contributed by atoms with E-state index < -0.39 is 0 Å². The van der Waals surface area contributed by atoms with Crippen LogP contribution >= 0.6 is 0 Å². The molecule has 0 bridgehead atoms. The van der Waals surface area contributed by atoms with Crippen molar-refractivity contribution >= 4 is 23.0 Å². The largest absolute Gasteiger partial charge is 0.497 e. The fraction of sp³-hybridized carbons (Fsp3) is 0.231. The number of benzene rings is 2. The Kier molecular flexibility index (Phi) is 6.32. The molecular formula is C26H26N4O4. The van der Waals surface area contributed by atoms with E-state index in [1.807, 2.05) is 48.9 Å². The Morgan fingerprint density at radius 1 is 1.09 bits per heavy atom. The zero-order valence-electron chi connectivity index (χ0n) is 19.6. The van der Waals surface area contributed by atoms with Crippen molar-refractivity contribution in [3.63, 3.8) is 0 Å². The molecule has 8 nitrogen and oxygen atoms in total. The summed E-state index contributed by atoms with van der Waals surface area (Å²) in [6, 6.07) is 16.1. The lowest BCUT2D eigenvalue weighted by Crippen LogP contribution is -2.26. The van der Waals surface area contributed by atoms with Gasteiger partial charge in [0.2, 0.25) is 5.91 Å². The SMILES string of the molecule is COc1cccc(-c2cc3n(C)c(C)c(CCC(=O)Nc4ccc(C(C)=O)cc4)c(=O)n3n2)c1. The number of anilines is 1. The van der Waals surface area contributed by atoms with Crippen LogP contribution in [0.1, 0.15) is 35.0 Å². The number of carbonyl (C=O) groups excluding carboxylic acids is 2. The van der Waals surface area contributed by atoms with Gasteiger partial charge < -0.3 is 14.6 Å². The molecule has 34 heavy (non-hydrogen) atoms. The van der Waals surface area contributed by atoms with Crippen LogP contribution in [-0.4, -0.2) is 33.0 Å². The molecule has 0 aliphatic rings. The normalized spacial score (nSPS) is 10.9. The summed E-state index contributed by atoms with van der Waals surface area (Å²) in [6.07, 6.45) is 0.417. The van der Waals surface area contributed by atoms with E-state index in [0.717, 1.165) is 11.3 Å². The first-order chi connectivity index (χ1) is 16.3. The van der Waals surface area contributed by atoms with Gasteiger partial charge in [0.15, 0.2) is 5.78 Å². The molecule has 0 atom stereocenters. The van der Waals surface area contributed by atoms with Gasteiger partial charge in [0.1, 0.15) is 11.4 Å². The Morgan fingerprint density at radius 3 is 2.50 bits per heavy atom. The van der Waals surface area contributed by atoms with E-state index in [4.69, 9.17) is 4.74 Å². The first-order valence-electron chi connectivity index (χ1n) is 10.9. The zero-order valence-corrected chi connectivity index (χ0v) is 19.6. The van der Waals surface area contributed by atoms with Crippen molar-refractivity contribution in [3.05, 3.63) is 81.8 Å². The number of nitrogens with zero attached hydrogens (tertiary/aromatic N) is 3. The van der Waals surface area contributed by atoms with Gasteiger partial charge in [-0.05, 0) is 56.7 Å². The zero-order chi connectivity index (χ0) is 24.4. The molecule has 8 heteroatoms. The van der Waals surface area contributed by atoms with Crippen LogP contribution in [0.2, 0.25) is 0 Å². The number of aryl methyl sites for hydroxylation is 1. The molecule has 4 rings (SSSR count). The molecular weight excluding hydrogens is 432 g/mol. The molecule has 0 saturated heterocycles. The highest BCUT2D eigenvalue weighted by atomic mass is 16.5. The maximum atomic E-state index is 13.2. The minimum Gasteiger partial charge on any atom is -0.497 e. The molecule has 2 aromatic carbocycles. The van der Waals surface area contributed by atoms with Crippen molar-refractivity contribution in [1.82, 2.24) is 14.2 Å². The van der Waals surface area contributed by atoms with Gasteiger partial charge >= 0.3 is 0 Å². The van der Waals surface area contributed by atoms with E-state index in [0.29, 0.717) is 33.9 Å². The molecule has 174 valence electrons. The van der Waals surface area contributed by atoms with Gasteiger partial charge in [-0.2, -0.15) is 9.61 Å². The number of hydrogen-bond acceptors (Lipinski definition) is 5. The number of Topliss-reactive ketones (excluding diaryl/α,β-unsaturated/α-hetero) is 1. The lowest BCUT2D eigenvalue weighted by atomic mass is 10.1. The Balaban J connectivity index is 1.57. The van der Waals surface area contributed by atoms with Gasteiger partial charge in [-0.15, -0.1) is 0 Å². The highest BCUT2D eigenvalue weighted by molar-refractivity contribution is 5.95. The third kappa shape index (κ3) is 4.47. The van der Waals surface area contributed by atoms with Gasteiger partial charge in [-0.1, -0.05) is 12.1 Å². The molecule has 1 amide bonds. The minimum absolute atomic E-state index is 0.0345. The highest BCUT2D eigenvalue weighted by Crippen LogP contribution is 2.24. The lowest BCUT2D eigenvalue weighted by molar-refractivity contribution is -0.116. The number of carbonyl (C=O) groups is 2. The van der Waals surface area contributed by atoms with Crippen molar-refractivity contribution in [2.24, 2.45) is 7.05 Å². The summed E-state index contributed by atoms with van der Waals surface area (Å²) in [6.45, 7) is 3.36. The van der Waals surface area contributed by atoms with Crippen LogP contribution in [0.15, 0.2) is 59.4 Å². The first-order valence-corrected chi connectivity index (χ1v) is 10.9. The minimum atomic E-state index is -0.238. The van der Waals surface area contributed by atoms with Crippen LogP contribution in [0.5, 0.6) is 5.75 Å². The molecule has 0 spiro atoms. The molecule has 1 N–H and O–H groups in total. The monoisotopic (exact) mass is 458 g/mol. The van der Waals surface area contributed by atoms with E-state index >= 15 is 0 Å². The number of methoxy groups -OCH3 is 1. The van der Waals surface area contributed by atoms with E-state index in [-0.39, 0.29) is 30.1 Å². The molecule has 0 radical (unpaired) electrons. The number of hydrogen-bond donors (Lipinski definition) is 1. The van der Waals surface area contributed by atoms with Gasteiger partial charge in [-0.3, -0.25) is 14.4 Å². The van der Waals surface area contributed by atoms with Crippen molar-refractivity contribution in [2.45, 2.75) is 26.7 Å². The Bertz CT molecular complexity index is 1450. The number of amides is 1. The lowest BCUT2D eigenvalue weighted by Gasteiger charge is -2.12. The molecule has 4 aromatic rings. The number of ether oxygens (including phenoxy) is 1. The van der Waals surface area contributed by atoms with Crippen molar-refractivity contribution < 1.29 is 14.3 Å². The molecule has 0 aliphatic heterocycles. The summed E-state index contributed by atoms with van der Waals surface area (Å²) in [5.41, 5.74) is 4.44. The van der Waals surface area contributed by atoms with E-state index in [9.17, 15) is 14.4 Å². The number of fused-ring (bicyclic) bond motifs is 1. The summed E-state index contributed by atoms with van der Waals surface area (Å²) in [5, 5.41) is 7.35. The second-order valence-electron chi connectivity index (χ2n) is 8.14. The highest BCUT2D eigenvalue weighted by Gasteiger charge is 2.17. The molecule has 2 heterocycles. The number of rotatable bonds is 7. The summed E-state index contributed by atoms with van der Waals surface area (Å²) in [4.78, 5) is 37.1. The molecule has 0 fully saturated rings. The van der Waals surface area contributed by atoms with E-state index in [1.165, 1.54) is 11.4 Å². The third-order valence-electron chi connectivity index (χ3n) is 5.97. The van der Waals surface area contributed by atoms with Gasteiger partial charge in [0.05, 0.1) is 12.8 Å². The maximum Gasteiger partial charge on any atom is 0.277 e. The number of nitrogens with one attached hydrogen (secondary N) is 1. The smallest absolute Gasteiger partial charge is 0.277 e. The molecule has 0 unspecified atom stereocenters. The molecule has 0 saturated carbocycles. The Morgan fingerprint density at radius 2 is 1.82 bits per heavy atom. The second kappa shape index (κ2) is 9.35. The van der Waals surface area contributed by atoms with E-state index in [1.54, 1.807) is 31.4 Å². The van der Waals surface area contributed by atoms with Crippen LogP contribution in [0, 0.1) is 6.92 Å². The van der Waals surface area contributed by atoms with Gasteiger partial charge in [-0.25, -0.2) is 0 Å². The van der Waals surface area contributed by atoms with Gasteiger partial charge in [0.25, 0.3) is 5.56 Å². The summed E-state index contributed by atoms with van der Waals surface area (Å²) < 4.78 is 8.59. The average molecular weight is 459 g/mol. The van der Waals surface area contributed by atoms with E-state index in [2.05, 4.69) is 10.4 Å². The van der Waals surface area contributed by atoms with Crippen LogP contribution in [0.25, 0.3) is 16.9 Å². The maximum absolute atomic E-state index is 13.2. The quantitative estimate of drug-likeness (QED) is 0.425. The van der Waals surface area contributed by atoms with Crippen LogP contribution in [0.3, 0.4) is 0 Å². The van der Waals surface area contributed by atoms with Crippen LogP contribution < -0.4 is 15.6 Å². The Labute approximate surface area is 196 Å². The molecule has 2 aromatic heterocycles. The predicted octanol–water partition coefficient (Wildman–Crippen LogP) is 3.79. The summed E-state index contributed by atoms with van der Waals surface area (Å²) >= 11 is 0.